The van der Waals surface area contributed by atoms with Gasteiger partial charge in [-0.2, -0.15) is 8.42 Å². The second kappa shape index (κ2) is 9.15. The Bertz CT molecular complexity index is 526. The molecule has 0 aliphatic heterocycles. The number of hydrogen-bond donors (Lipinski definition) is 1. The minimum atomic E-state index is -4.47. The van der Waals surface area contributed by atoms with Crippen LogP contribution >= 0.6 is 0 Å². The van der Waals surface area contributed by atoms with E-state index in [-0.39, 0.29) is 0 Å². The number of rotatable bonds is 10. The van der Waals surface area contributed by atoms with Gasteiger partial charge in [0.2, 0.25) is 0 Å². The first-order valence-corrected chi connectivity index (χ1v) is 9.15. The molecule has 1 rings (SSSR count). The predicted octanol–water partition coefficient (Wildman–Crippen LogP) is 4.76. The van der Waals surface area contributed by atoms with Crippen LogP contribution in [-0.2, 0) is 16.5 Å². The van der Waals surface area contributed by atoms with E-state index in [0.717, 1.165) is 30.9 Å². The lowest BCUT2D eigenvalue weighted by atomic mass is 10.0. The molecule has 0 saturated carbocycles. The molecule has 1 aromatic carbocycles. The van der Waals surface area contributed by atoms with Gasteiger partial charge in [-0.1, -0.05) is 57.9 Å². The van der Waals surface area contributed by atoms with Gasteiger partial charge in [-0.15, -0.1) is 0 Å². The van der Waals surface area contributed by atoms with Crippen LogP contribution in [0.4, 0.5) is 4.39 Å². The first kappa shape index (κ1) is 18.1. The molecule has 0 fully saturated rings. The van der Waals surface area contributed by atoms with Crippen molar-refractivity contribution in [2.75, 3.05) is 0 Å². The monoisotopic (exact) mass is 316 g/mol. The molecule has 5 heteroatoms. The molecular formula is C16H25FO3S. The molecule has 21 heavy (non-hydrogen) atoms. The van der Waals surface area contributed by atoms with E-state index >= 15 is 0 Å². The van der Waals surface area contributed by atoms with Gasteiger partial charge in [-0.05, 0) is 30.5 Å². The Hall–Kier alpha value is -0.940. The maximum atomic E-state index is 13.6. The third-order valence-electron chi connectivity index (χ3n) is 3.59. The smallest absolute Gasteiger partial charge is 0.282 e. The molecule has 0 amide bonds. The number of hydrogen-bond acceptors (Lipinski definition) is 2. The molecule has 0 unspecified atom stereocenters. The summed E-state index contributed by atoms with van der Waals surface area (Å²) in [6.45, 7) is 2.20. The number of aryl methyl sites for hydroxylation is 1. The van der Waals surface area contributed by atoms with Crippen LogP contribution in [0.15, 0.2) is 23.1 Å². The van der Waals surface area contributed by atoms with Crippen molar-refractivity contribution in [1.29, 1.82) is 0 Å². The van der Waals surface area contributed by atoms with Gasteiger partial charge < -0.3 is 0 Å². The van der Waals surface area contributed by atoms with Crippen molar-refractivity contribution in [2.45, 2.75) is 69.6 Å². The fourth-order valence-electron chi connectivity index (χ4n) is 2.37. The molecule has 0 bridgehead atoms. The van der Waals surface area contributed by atoms with Gasteiger partial charge in [0.05, 0.1) is 0 Å². The van der Waals surface area contributed by atoms with E-state index < -0.39 is 20.8 Å². The zero-order valence-corrected chi connectivity index (χ0v) is 13.5. The van der Waals surface area contributed by atoms with Crippen molar-refractivity contribution < 1.29 is 17.4 Å². The summed E-state index contributed by atoms with van der Waals surface area (Å²) in [5.74, 6) is -0.880. The summed E-state index contributed by atoms with van der Waals surface area (Å²) < 4.78 is 44.2. The Kier molecular flexibility index (Phi) is 7.89. The van der Waals surface area contributed by atoms with E-state index in [0.29, 0.717) is 0 Å². The summed E-state index contributed by atoms with van der Waals surface area (Å²) in [5, 5.41) is 0. The van der Waals surface area contributed by atoms with E-state index in [1.807, 2.05) is 0 Å². The first-order chi connectivity index (χ1) is 9.95. The van der Waals surface area contributed by atoms with Crippen molar-refractivity contribution in [3.05, 3.63) is 29.6 Å². The minimum absolute atomic E-state index is 0.651. The van der Waals surface area contributed by atoms with E-state index in [1.165, 1.54) is 44.6 Å². The highest BCUT2D eigenvalue weighted by molar-refractivity contribution is 7.85. The Morgan fingerprint density at radius 2 is 1.57 bits per heavy atom. The molecular weight excluding hydrogens is 291 g/mol. The van der Waals surface area contributed by atoms with Crippen LogP contribution in [0.25, 0.3) is 0 Å². The molecule has 0 atom stereocenters. The van der Waals surface area contributed by atoms with Crippen molar-refractivity contribution in [2.24, 2.45) is 0 Å². The molecule has 0 saturated heterocycles. The van der Waals surface area contributed by atoms with Crippen LogP contribution in [0.1, 0.15) is 63.9 Å². The molecule has 120 valence electrons. The van der Waals surface area contributed by atoms with Crippen molar-refractivity contribution in [1.82, 2.24) is 0 Å². The van der Waals surface area contributed by atoms with Crippen LogP contribution < -0.4 is 0 Å². The van der Waals surface area contributed by atoms with Gasteiger partial charge >= 0.3 is 0 Å². The lowest BCUT2D eigenvalue weighted by Crippen LogP contribution is -2.02. The summed E-state index contributed by atoms with van der Waals surface area (Å²) in [5.41, 5.74) is 0.769. The molecule has 0 aliphatic carbocycles. The van der Waals surface area contributed by atoms with E-state index in [2.05, 4.69) is 6.92 Å². The van der Waals surface area contributed by atoms with Gasteiger partial charge in [0.15, 0.2) is 0 Å². The highest BCUT2D eigenvalue weighted by Gasteiger charge is 2.15. The lowest BCUT2D eigenvalue weighted by Gasteiger charge is -2.05. The summed E-state index contributed by atoms with van der Waals surface area (Å²) in [7, 11) is -4.47. The van der Waals surface area contributed by atoms with E-state index in [1.54, 1.807) is 6.07 Å². The molecule has 3 nitrogen and oxygen atoms in total. The van der Waals surface area contributed by atoms with Gasteiger partial charge in [0.1, 0.15) is 10.7 Å². The maximum absolute atomic E-state index is 13.6. The highest BCUT2D eigenvalue weighted by Crippen LogP contribution is 2.17. The van der Waals surface area contributed by atoms with Crippen molar-refractivity contribution in [3.8, 4) is 0 Å². The average molecular weight is 316 g/mol. The SMILES string of the molecule is CCCCCCCCCCc1ccc(S(=O)(=O)O)c(F)c1. The summed E-state index contributed by atoms with van der Waals surface area (Å²) >= 11 is 0. The van der Waals surface area contributed by atoms with Crippen LogP contribution in [-0.4, -0.2) is 13.0 Å². The average Bonchev–Trinajstić information content (AvgIpc) is 2.40. The fraction of sp³-hybridized carbons (Fsp3) is 0.625. The molecule has 0 radical (unpaired) electrons. The molecule has 0 spiro atoms. The van der Waals surface area contributed by atoms with Gasteiger partial charge in [-0.3, -0.25) is 4.55 Å². The number of halogens is 1. The largest absolute Gasteiger partial charge is 0.297 e. The first-order valence-electron chi connectivity index (χ1n) is 7.71. The molecule has 0 heterocycles. The zero-order chi connectivity index (χ0) is 15.7. The third-order valence-corrected chi connectivity index (χ3v) is 4.48. The van der Waals surface area contributed by atoms with Gasteiger partial charge in [-0.25, -0.2) is 4.39 Å². The Morgan fingerprint density at radius 3 is 2.10 bits per heavy atom. The summed E-state index contributed by atoms with van der Waals surface area (Å²) in [6.07, 6.45) is 10.4. The van der Waals surface area contributed by atoms with E-state index in [9.17, 15) is 12.8 Å². The lowest BCUT2D eigenvalue weighted by molar-refractivity contribution is 0.473. The standard InChI is InChI=1S/C16H25FO3S/c1-2-3-4-5-6-7-8-9-10-14-11-12-16(15(17)13-14)21(18,19)20/h11-13H,2-10H2,1H3,(H,18,19,20). The molecule has 0 aliphatic rings. The second-order valence-electron chi connectivity index (χ2n) is 5.46. The second-order valence-corrected chi connectivity index (χ2v) is 6.85. The Labute approximate surface area is 127 Å². The normalized spacial score (nSPS) is 11.8. The Morgan fingerprint density at radius 1 is 1.00 bits per heavy atom. The maximum Gasteiger partial charge on any atom is 0.297 e. The van der Waals surface area contributed by atoms with Gasteiger partial charge in [0.25, 0.3) is 10.1 Å². The highest BCUT2D eigenvalue weighted by atomic mass is 32.2. The number of unbranched alkanes of at least 4 members (excludes halogenated alkanes) is 7. The summed E-state index contributed by atoms with van der Waals surface area (Å²) in [4.78, 5) is -0.651. The molecule has 1 aromatic rings. The van der Waals surface area contributed by atoms with Crippen LogP contribution in [0.2, 0.25) is 0 Å². The van der Waals surface area contributed by atoms with Crippen LogP contribution in [0.3, 0.4) is 0 Å². The minimum Gasteiger partial charge on any atom is -0.282 e. The quantitative estimate of drug-likeness (QED) is 0.500. The van der Waals surface area contributed by atoms with E-state index in [4.69, 9.17) is 4.55 Å². The van der Waals surface area contributed by atoms with Gasteiger partial charge in [0, 0.05) is 0 Å². The fourth-order valence-corrected chi connectivity index (χ4v) is 2.92. The zero-order valence-electron chi connectivity index (χ0n) is 12.6. The number of benzene rings is 1. The summed E-state index contributed by atoms with van der Waals surface area (Å²) in [6, 6.07) is 3.89. The van der Waals surface area contributed by atoms with Crippen LogP contribution in [0.5, 0.6) is 0 Å². The third kappa shape index (κ3) is 7.05. The molecule has 0 aromatic heterocycles. The Balaban J connectivity index is 2.29. The van der Waals surface area contributed by atoms with Crippen molar-refractivity contribution in [3.63, 3.8) is 0 Å². The predicted molar refractivity (Wildman–Crippen MR) is 82.5 cm³/mol. The van der Waals surface area contributed by atoms with Crippen LogP contribution in [0, 0.1) is 5.82 Å². The molecule has 1 N–H and O–H groups in total. The topological polar surface area (TPSA) is 54.4 Å². The van der Waals surface area contributed by atoms with Crippen molar-refractivity contribution >= 4 is 10.1 Å².